The molecule has 2 aliphatic rings. The van der Waals surface area contributed by atoms with Crippen LogP contribution in [0.1, 0.15) is 51.9 Å². The van der Waals surface area contributed by atoms with Crippen LogP contribution in [-0.2, 0) is 4.74 Å². The van der Waals surface area contributed by atoms with Crippen LogP contribution in [0, 0.1) is 5.92 Å². The maximum atomic E-state index is 10.3. The van der Waals surface area contributed by atoms with E-state index in [4.69, 9.17) is 4.74 Å². The maximum Gasteiger partial charge on any atom is 0.0615 e. The lowest BCUT2D eigenvalue weighted by molar-refractivity contribution is -0.0318. The molecule has 0 spiro atoms. The van der Waals surface area contributed by atoms with Crippen molar-refractivity contribution in [1.82, 2.24) is 4.90 Å². The lowest BCUT2D eigenvalue weighted by Gasteiger charge is -2.46. The summed E-state index contributed by atoms with van der Waals surface area (Å²) in [5.41, 5.74) is 0. The first-order valence-electron chi connectivity index (χ1n) is 7.66. The van der Waals surface area contributed by atoms with Gasteiger partial charge in [0.1, 0.15) is 0 Å². The summed E-state index contributed by atoms with van der Waals surface area (Å²) in [6.07, 6.45) is 8.53. The normalized spacial score (nSPS) is 36.5. The van der Waals surface area contributed by atoms with Crippen molar-refractivity contribution in [2.24, 2.45) is 5.92 Å². The van der Waals surface area contributed by atoms with E-state index in [1.165, 1.54) is 45.1 Å². The SMILES string of the molecule is COCC(C)N1CCCCC1C1CCCCC1O. The van der Waals surface area contributed by atoms with E-state index in [-0.39, 0.29) is 6.10 Å². The molecule has 1 N–H and O–H groups in total. The first kappa shape index (κ1) is 14.3. The van der Waals surface area contributed by atoms with Crippen LogP contribution in [0.15, 0.2) is 0 Å². The summed E-state index contributed by atoms with van der Waals surface area (Å²) in [6, 6.07) is 1.06. The summed E-state index contributed by atoms with van der Waals surface area (Å²) >= 11 is 0. The lowest BCUT2D eigenvalue weighted by Crippen LogP contribution is -2.53. The van der Waals surface area contributed by atoms with Gasteiger partial charge in [-0.2, -0.15) is 0 Å². The third kappa shape index (κ3) is 3.25. The molecule has 2 fully saturated rings. The molecule has 1 heterocycles. The number of methoxy groups -OCH3 is 1. The average molecular weight is 255 g/mol. The first-order chi connectivity index (χ1) is 8.74. The standard InChI is InChI=1S/C15H29NO2/c1-12(11-18-2)16-10-6-5-8-14(16)13-7-3-4-9-15(13)17/h12-15,17H,3-11H2,1-2H3. The van der Waals surface area contributed by atoms with Crippen molar-refractivity contribution in [3.8, 4) is 0 Å². The van der Waals surface area contributed by atoms with Crippen LogP contribution in [0.5, 0.6) is 0 Å². The molecule has 0 aromatic rings. The summed E-state index contributed by atoms with van der Waals surface area (Å²) in [5, 5.41) is 10.3. The van der Waals surface area contributed by atoms with Crippen molar-refractivity contribution >= 4 is 0 Å². The molecule has 2 rings (SSSR count). The predicted molar refractivity (Wildman–Crippen MR) is 73.6 cm³/mol. The predicted octanol–water partition coefficient (Wildman–Crippen LogP) is 2.43. The van der Waals surface area contributed by atoms with Gasteiger partial charge in [-0.15, -0.1) is 0 Å². The third-order valence-corrected chi connectivity index (χ3v) is 4.84. The number of nitrogens with zero attached hydrogens (tertiary/aromatic N) is 1. The minimum Gasteiger partial charge on any atom is -0.393 e. The Morgan fingerprint density at radius 2 is 1.89 bits per heavy atom. The van der Waals surface area contributed by atoms with Crippen molar-refractivity contribution < 1.29 is 9.84 Å². The molecule has 18 heavy (non-hydrogen) atoms. The highest BCUT2D eigenvalue weighted by molar-refractivity contribution is 4.90. The molecule has 1 saturated carbocycles. The van der Waals surface area contributed by atoms with Gasteiger partial charge in [-0.25, -0.2) is 0 Å². The topological polar surface area (TPSA) is 32.7 Å². The third-order valence-electron chi connectivity index (χ3n) is 4.84. The molecule has 1 aliphatic carbocycles. The molecule has 0 aromatic carbocycles. The van der Waals surface area contributed by atoms with Gasteiger partial charge in [0.15, 0.2) is 0 Å². The van der Waals surface area contributed by atoms with Crippen LogP contribution in [-0.4, -0.2) is 48.5 Å². The van der Waals surface area contributed by atoms with E-state index in [0.29, 0.717) is 18.0 Å². The molecule has 4 unspecified atom stereocenters. The Morgan fingerprint density at radius 3 is 2.61 bits per heavy atom. The van der Waals surface area contributed by atoms with E-state index < -0.39 is 0 Å². The molecule has 3 nitrogen and oxygen atoms in total. The molecule has 106 valence electrons. The van der Waals surface area contributed by atoms with Crippen LogP contribution >= 0.6 is 0 Å². The Hall–Kier alpha value is -0.120. The first-order valence-corrected chi connectivity index (χ1v) is 7.66. The van der Waals surface area contributed by atoms with Crippen LogP contribution in [0.2, 0.25) is 0 Å². The van der Waals surface area contributed by atoms with Crippen molar-refractivity contribution in [2.45, 2.75) is 70.1 Å². The molecule has 1 aliphatic heterocycles. The van der Waals surface area contributed by atoms with Gasteiger partial charge in [-0.1, -0.05) is 19.3 Å². The molecular weight excluding hydrogens is 226 g/mol. The molecular formula is C15H29NO2. The van der Waals surface area contributed by atoms with E-state index in [1.807, 2.05) is 0 Å². The van der Waals surface area contributed by atoms with Gasteiger partial charge in [0, 0.05) is 25.1 Å². The van der Waals surface area contributed by atoms with Gasteiger partial charge >= 0.3 is 0 Å². The lowest BCUT2D eigenvalue weighted by atomic mass is 9.77. The quantitative estimate of drug-likeness (QED) is 0.837. The summed E-state index contributed by atoms with van der Waals surface area (Å²) in [7, 11) is 1.78. The Balaban J connectivity index is 2.01. The van der Waals surface area contributed by atoms with Gasteiger partial charge in [0.05, 0.1) is 12.7 Å². The molecule has 1 saturated heterocycles. The Kier molecular flexibility index (Phi) is 5.46. The fraction of sp³-hybridized carbons (Fsp3) is 1.00. The fourth-order valence-electron chi connectivity index (χ4n) is 3.91. The number of likely N-dealkylation sites (tertiary alicyclic amines) is 1. The van der Waals surface area contributed by atoms with Crippen molar-refractivity contribution in [1.29, 1.82) is 0 Å². The van der Waals surface area contributed by atoms with E-state index in [1.54, 1.807) is 7.11 Å². The van der Waals surface area contributed by atoms with Gasteiger partial charge in [-0.05, 0) is 39.2 Å². The Bertz CT molecular complexity index is 247. The number of aliphatic hydroxyl groups is 1. The smallest absolute Gasteiger partial charge is 0.0615 e. The zero-order valence-corrected chi connectivity index (χ0v) is 12.0. The molecule has 0 amide bonds. The monoisotopic (exact) mass is 255 g/mol. The zero-order chi connectivity index (χ0) is 13.0. The number of rotatable bonds is 4. The summed E-state index contributed by atoms with van der Waals surface area (Å²) < 4.78 is 5.32. The number of ether oxygens (including phenoxy) is 1. The zero-order valence-electron chi connectivity index (χ0n) is 12.0. The van der Waals surface area contributed by atoms with Gasteiger partial charge in [0.25, 0.3) is 0 Å². The highest BCUT2D eigenvalue weighted by Crippen LogP contribution is 2.34. The molecule has 4 atom stereocenters. The van der Waals surface area contributed by atoms with E-state index in [9.17, 15) is 5.11 Å². The highest BCUT2D eigenvalue weighted by Gasteiger charge is 2.37. The number of hydrogen-bond acceptors (Lipinski definition) is 3. The van der Waals surface area contributed by atoms with Crippen molar-refractivity contribution in [2.75, 3.05) is 20.3 Å². The molecule has 0 radical (unpaired) electrons. The van der Waals surface area contributed by atoms with Crippen LogP contribution in [0.4, 0.5) is 0 Å². The van der Waals surface area contributed by atoms with E-state index in [2.05, 4.69) is 11.8 Å². The largest absolute Gasteiger partial charge is 0.393 e. The van der Waals surface area contributed by atoms with Crippen LogP contribution < -0.4 is 0 Å². The highest BCUT2D eigenvalue weighted by atomic mass is 16.5. The van der Waals surface area contributed by atoms with Gasteiger partial charge < -0.3 is 9.84 Å². The fourth-order valence-corrected chi connectivity index (χ4v) is 3.91. The second-order valence-corrected chi connectivity index (χ2v) is 6.12. The van der Waals surface area contributed by atoms with Crippen LogP contribution in [0.3, 0.4) is 0 Å². The Morgan fingerprint density at radius 1 is 1.17 bits per heavy atom. The van der Waals surface area contributed by atoms with Crippen molar-refractivity contribution in [3.63, 3.8) is 0 Å². The van der Waals surface area contributed by atoms with E-state index in [0.717, 1.165) is 13.0 Å². The number of piperidine rings is 1. The van der Waals surface area contributed by atoms with Crippen LogP contribution in [0.25, 0.3) is 0 Å². The maximum absolute atomic E-state index is 10.3. The summed E-state index contributed by atoms with van der Waals surface area (Å²) in [5.74, 6) is 0.498. The Labute approximate surface area is 112 Å². The second kappa shape index (κ2) is 6.88. The molecule has 0 aromatic heterocycles. The van der Waals surface area contributed by atoms with Crippen molar-refractivity contribution in [3.05, 3.63) is 0 Å². The number of aliphatic hydroxyl groups excluding tert-OH is 1. The second-order valence-electron chi connectivity index (χ2n) is 6.12. The summed E-state index contributed by atoms with van der Waals surface area (Å²) in [4.78, 5) is 2.60. The molecule has 0 bridgehead atoms. The minimum atomic E-state index is -0.0703. The number of hydrogen-bond donors (Lipinski definition) is 1. The van der Waals surface area contributed by atoms with Gasteiger partial charge in [-0.3, -0.25) is 4.90 Å². The minimum absolute atomic E-state index is 0.0703. The van der Waals surface area contributed by atoms with Gasteiger partial charge in [0.2, 0.25) is 0 Å². The molecule has 3 heteroatoms. The summed E-state index contributed by atoms with van der Waals surface area (Å²) in [6.45, 7) is 4.24. The van der Waals surface area contributed by atoms with E-state index >= 15 is 0 Å². The average Bonchev–Trinajstić information content (AvgIpc) is 2.40.